The van der Waals surface area contributed by atoms with Crippen LogP contribution >= 0.6 is 0 Å². The lowest BCUT2D eigenvalue weighted by Crippen LogP contribution is -2.40. The van der Waals surface area contributed by atoms with Crippen LogP contribution in [0.4, 0.5) is 9.59 Å². The largest absolute Gasteiger partial charge is 0.458 e. The molecule has 14 nitrogen and oxygen atoms in total. The van der Waals surface area contributed by atoms with Gasteiger partial charge in [0, 0.05) is 40.2 Å². The van der Waals surface area contributed by atoms with Crippen LogP contribution < -0.4 is 10.6 Å². The number of nitrogens with one attached hydrogen (secondary N) is 2. The third-order valence-electron chi connectivity index (χ3n) is 7.03. The molecule has 2 saturated carbocycles. The van der Waals surface area contributed by atoms with Gasteiger partial charge in [0.15, 0.2) is 12.2 Å². The van der Waals surface area contributed by atoms with E-state index < -0.39 is 48.3 Å². The van der Waals surface area contributed by atoms with E-state index in [1.165, 1.54) is 0 Å². The molecule has 0 aromatic carbocycles. The fraction of sp³-hybridized carbons (Fsp3) is 0.517. The van der Waals surface area contributed by atoms with Gasteiger partial charge >= 0.3 is 36.1 Å². The predicted molar refractivity (Wildman–Crippen MR) is 153 cm³/mol. The summed E-state index contributed by atoms with van der Waals surface area (Å²) < 4.78 is 30.1. The highest BCUT2D eigenvalue weighted by Crippen LogP contribution is 2.51. The van der Waals surface area contributed by atoms with Gasteiger partial charge in [-0.15, -0.1) is 0 Å². The molecule has 0 aromatic heterocycles. The summed E-state index contributed by atoms with van der Waals surface area (Å²) >= 11 is 0. The first-order valence-corrected chi connectivity index (χ1v) is 13.6. The molecule has 2 bridgehead atoms. The maximum Gasteiger partial charge on any atom is 0.407 e. The Kier molecular flexibility index (Phi) is 14.5. The van der Waals surface area contributed by atoms with Gasteiger partial charge in [-0.3, -0.25) is 0 Å². The fourth-order valence-electron chi connectivity index (χ4n) is 5.00. The first-order valence-electron chi connectivity index (χ1n) is 13.6. The third-order valence-corrected chi connectivity index (χ3v) is 7.03. The molecule has 0 heterocycles. The van der Waals surface area contributed by atoms with Gasteiger partial charge < -0.3 is 39.1 Å². The van der Waals surface area contributed by atoms with Gasteiger partial charge in [-0.25, -0.2) is 28.8 Å². The van der Waals surface area contributed by atoms with Crippen molar-refractivity contribution >= 4 is 36.1 Å². The van der Waals surface area contributed by atoms with Crippen LogP contribution in [0.25, 0.3) is 0 Å². The Morgan fingerprint density at radius 3 is 1.14 bits per heavy atom. The number of alkyl carbamates (subject to hydrolysis) is 2. The topological polar surface area (TPSA) is 182 Å². The summed E-state index contributed by atoms with van der Waals surface area (Å²) in [4.78, 5) is 70.2. The van der Waals surface area contributed by atoms with Crippen LogP contribution in [0.2, 0.25) is 0 Å². The molecule has 2 aliphatic rings. The number of carbonyl (C=O) groups excluding carboxylic acids is 6. The van der Waals surface area contributed by atoms with Gasteiger partial charge in [-0.05, 0) is 42.9 Å². The summed E-state index contributed by atoms with van der Waals surface area (Å²) in [5, 5.41) is 5.44. The van der Waals surface area contributed by atoms with E-state index in [0.717, 1.165) is 43.6 Å². The van der Waals surface area contributed by atoms with Crippen molar-refractivity contribution in [3.63, 3.8) is 0 Å². The second kappa shape index (κ2) is 18.0. The zero-order valence-corrected chi connectivity index (χ0v) is 23.9. The van der Waals surface area contributed by atoms with Gasteiger partial charge in [0.2, 0.25) is 0 Å². The van der Waals surface area contributed by atoms with E-state index in [9.17, 15) is 28.8 Å². The Hall–Kier alpha value is -4.62. The number of fused-ring (bicyclic) bond motifs is 2. The lowest BCUT2D eigenvalue weighted by atomic mass is 9.82. The van der Waals surface area contributed by atoms with Crippen molar-refractivity contribution in [2.45, 2.75) is 31.5 Å². The number of carbonyl (C=O) groups is 6. The molecule has 4 atom stereocenters. The molecular formula is C29H42N2O12. The van der Waals surface area contributed by atoms with Crippen molar-refractivity contribution in [1.82, 2.24) is 10.6 Å². The molecule has 43 heavy (non-hydrogen) atoms. The Labute approximate surface area is 252 Å². The lowest BCUT2D eigenvalue weighted by Gasteiger charge is -2.28. The van der Waals surface area contributed by atoms with E-state index in [1.54, 1.807) is 0 Å². The molecule has 0 aromatic rings. The summed E-state index contributed by atoms with van der Waals surface area (Å²) in [7, 11) is 0. The summed E-state index contributed by atoms with van der Waals surface area (Å²) in [6, 6.07) is 0. The normalized spacial score (nSPS) is 19.9. The zero-order chi connectivity index (χ0) is 31.8. The first kappa shape index (κ1) is 34.6. The average Bonchev–Trinajstić information content (AvgIpc) is 3.61. The van der Waals surface area contributed by atoms with Crippen molar-refractivity contribution in [3.05, 3.63) is 50.6 Å². The zero-order valence-electron chi connectivity index (χ0n) is 23.9. The van der Waals surface area contributed by atoms with Gasteiger partial charge in [-0.2, -0.15) is 0 Å². The monoisotopic (exact) mass is 610 g/mol. The summed E-state index contributed by atoms with van der Waals surface area (Å²) in [6.07, 6.45) is 2.90. The molecule has 240 valence electrons. The van der Waals surface area contributed by atoms with E-state index in [4.69, 9.17) is 28.4 Å². The second-order valence-corrected chi connectivity index (χ2v) is 9.90. The molecule has 2 rings (SSSR count). The van der Waals surface area contributed by atoms with Gasteiger partial charge in [-0.1, -0.05) is 26.3 Å². The van der Waals surface area contributed by atoms with Crippen LogP contribution in [0.5, 0.6) is 0 Å². The van der Waals surface area contributed by atoms with Crippen LogP contribution in [-0.2, 0) is 47.6 Å². The number of amides is 2. The van der Waals surface area contributed by atoms with Gasteiger partial charge in [0.25, 0.3) is 0 Å². The van der Waals surface area contributed by atoms with Crippen LogP contribution in [0.1, 0.15) is 22.1 Å². The summed E-state index contributed by atoms with van der Waals surface area (Å²) in [5.74, 6) is -1.79. The minimum absolute atomic E-state index is 0. The molecule has 2 aliphatic carbocycles. The highest BCUT2D eigenvalue weighted by molar-refractivity contribution is 5.82. The highest BCUT2D eigenvalue weighted by atomic mass is 16.6. The van der Waals surface area contributed by atoms with Crippen molar-refractivity contribution in [1.29, 1.82) is 0 Å². The second-order valence-electron chi connectivity index (χ2n) is 9.90. The fourth-order valence-corrected chi connectivity index (χ4v) is 5.00. The maximum absolute atomic E-state index is 12.4. The lowest BCUT2D eigenvalue weighted by molar-refractivity contribution is -0.147. The summed E-state index contributed by atoms with van der Waals surface area (Å²) in [5.41, 5.74) is 0. The molecule has 0 saturated heterocycles. The van der Waals surface area contributed by atoms with E-state index in [-0.39, 0.29) is 41.1 Å². The minimum Gasteiger partial charge on any atom is -0.458 e. The predicted octanol–water partition coefficient (Wildman–Crippen LogP) is 2.25. The highest BCUT2D eigenvalue weighted by Gasteiger charge is 2.45. The quantitative estimate of drug-likeness (QED) is 0.131. The third kappa shape index (κ3) is 12.4. The molecular weight excluding hydrogens is 568 g/mol. The van der Waals surface area contributed by atoms with E-state index in [2.05, 4.69) is 36.9 Å². The van der Waals surface area contributed by atoms with Crippen molar-refractivity contribution < 1.29 is 60.0 Å². The van der Waals surface area contributed by atoms with Crippen molar-refractivity contribution in [2.24, 2.45) is 23.7 Å². The molecule has 4 unspecified atom stereocenters. The Morgan fingerprint density at radius 2 is 0.884 bits per heavy atom. The number of hydrogen-bond donors (Lipinski definition) is 2. The smallest absolute Gasteiger partial charge is 0.407 e. The molecule has 14 heteroatoms. The maximum atomic E-state index is 12.4. The van der Waals surface area contributed by atoms with E-state index in [0.29, 0.717) is 24.9 Å². The SMILES string of the molecule is C=CC(=O)OCC(COC(=O)C=C)OC(=O)NCC1CC2CC1CC2CNC(=O)OC(COC(=O)C=C)COC(=O)C=C.[HH].[HH]. The molecule has 2 fully saturated rings. The van der Waals surface area contributed by atoms with Gasteiger partial charge in [0.05, 0.1) is 0 Å². The Morgan fingerprint density at radius 1 is 0.581 bits per heavy atom. The molecule has 0 spiro atoms. The Balaban J connectivity index is 0.00000968. The number of esters is 4. The average molecular weight is 611 g/mol. The van der Waals surface area contributed by atoms with Gasteiger partial charge in [0.1, 0.15) is 26.4 Å². The summed E-state index contributed by atoms with van der Waals surface area (Å²) in [6.45, 7) is 12.6. The Bertz CT molecular complexity index is 955. The number of hydrogen-bond acceptors (Lipinski definition) is 12. The van der Waals surface area contributed by atoms with Crippen LogP contribution in [0, 0.1) is 23.7 Å². The standard InChI is InChI=1S/C29H38N2O12.2H2/c1-5-24(32)38-14-22(15-39-25(33)6-2)42-28(36)30-12-20-10-19-9-18(20)11-21(19)13-31-29(37)43-23(16-40-26(34)7-3)17-41-27(35)8-4;;/h5-8,18-23H,1-4,9-17H2,(H,30,36)(H,31,37);2*1H. The first-order chi connectivity index (χ1) is 20.6. The van der Waals surface area contributed by atoms with Crippen molar-refractivity contribution in [2.75, 3.05) is 39.5 Å². The van der Waals surface area contributed by atoms with E-state index in [1.807, 2.05) is 0 Å². The van der Waals surface area contributed by atoms with E-state index >= 15 is 0 Å². The van der Waals surface area contributed by atoms with Crippen LogP contribution in [0.15, 0.2) is 50.6 Å². The van der Waals surface area contributed by atoms with Crippen LogP contribution in [0.3, 0.4) is 0 Å². The molecule has 0 radical (unpaired) electrons. The molecule has 2 N–H and O–H groups in total. The minimum atomic E-state index is -1.02. The van der Waals surface area contributed by atoms with Crippen LogP contribution in [-0.4, -0.2) is 87.8 Å². The molecule has 2 amide bonds. The number of ether oxygens (including phenoxy) is 6. The molecule has 0 aliphatic heterocycles. The van der Waals surface area contributed by atoms with Crippen molar-refractivity contribution in [3.8, 4) is 0 Å². The number of rotatable bonds is 18.